The lowest BCUT2D eigenvalue weighted by molar-refractivity contribution is 0.465. The minimum atomic E-state index is -3.62. The van der Waals surface area contributed by atoms with Crippen LogP contribution in [-0.4, -0.2) is 43.9 Å². The second kappa shape index (κ2) is 5.66. The van der Waals surface area contributed by atoms with E-state index in [4.69, 9.17) is 17.3 Å². The Morgan fingerprint density at radius 1 is 1.45 bits per heavy atom. The number of nitrogen functional groups attached to an aromatic ring is 1. The number of hydrogen-bond acceptors (Lipinski definition) is 5. The molecule has 3 rings (SSSR count). The highest BCUT2D eigenvalue weighted by molar-refractivity contribution is 7.89. The molecule has 0 aliphatic carbocycles. The van der Waals surface area contributed by atoms with E-state index in [0.29, 0.717) is 23.9 Å². The van der Waals surface area contributed by atoms with Crippen molar-refractivity contribution in [2.45, 2.75) is 17.4 Å². The molecule has 1 aliphatic rings. The molecule has 118 valence electrons. The van der Waals surface area contributed by atoms with Crippen molar-refractivity contribution in [2.24, 2.45) is 0 Å². The first kappa shape index (κ1) is 15.5. The largest absolute Gasteiger partial charge is 0.383 e. The number of pyridine rings is 1. The summed E-state index contributed by atoms with van der Waals surface area (Å²) in [6, 6.07) is 5.13. The molecule has 1 aromatic carbocycles. The third-order valence-corrected chi connectivity index (χ3v) is 6.23. The molecule has 2 aromatic rings. The van der Waals surface area contributed by atoms with Crippen LogP contribution in [0.1, 0.15) is 6.42 Å². The van der Waals surface area contributed by atoms with Crippen LogP contribution < -0.4 is 11.1 Å². The summed E-state index contributed by atoms with van der Waals surface area (Å²) < 4.78 is 27.4. The normalized spacial score (nSPS) is 19.8. The van der Waals surface area contributed by atoms with E-state index in [9.17, 15) is 8.42 Å². The zero-order valence-electron chi connectivity index (χ0n) is 12.1. The molecule has 8 heteroatoms. The number of nitrogens with two attached hydrogens (primary N) is 1. The van der Waals surface area contributed by atoms with Crippen LogP contribution >= 0.6 is 11.6 Å². The predicted molar refractivity (Wildman–Crippen MR) is 87.4 cm³/mol. The molecule has 22 heavy (non-hydrogen) atoms. The van der Waals surface area contributed by atoms with Crippen LogP contribution in [-0.2, 0) is 10.0 Å². The zero-order valence-corrected chi connectivity index (χ0v) is 13.7. The number of sulfonamides is 1. The van der Waals surface area contributed by atoms with Gasteiger partial charge in [0, 0.05) is 36.1 Å². The lowest BCUT2D eigenvalue weighted by Gasteiger charge is -2.18. The Balaban J connectivity index is 2.16. The maximum atomic E-state index is 13.0. The highest BCUT2D eigenvalue weighted by Crippen LogP contribution is 2.34. The summed E-state index contributed by atoms with van der Waals surface area (Å²) in [7, 11) is -1.79. The molecule has 1 fully saturated rings. The van der Waals surface area contributed by atoms with E-state index >= 15 is 0 Å². The van der Waals surface area contributed by atoms with Gasteiger partial charge in [0.15, 0.2) is 0 Å². The smallest absolute Gasteiger partial charge is 0.243 e. The van der Waals surface area contributed by atoms with Crippen molar-refractivity contribution in [1.29, 1.82) is 0 Å². The molecule has 1 saturated heterocycles. The van der Waals surface area contributed by atoms with Crippen molar-refractivity contribution in [1.82, 2.24) is 14.6 Å². The Kier molecular flexibility index (Phi) is 3.98. The molecule has 0 bridgehead atoms. The molecular formula is C14H17ClN4O2S. The minimum Gasteiger partial charge on any atom is -0.383 e. The molecule has 1 aromatic heterocycles. The SMILES string of the molecule is CNC1CCN(S(=O)(=O)c2cccc3c(N)ncc(Cl)c23)C1. The van der Waals surface area contributed by atoms with Crippen LogP contribution in [0.5, 0.6) is 0 Å². The van der Waals surface area contributed by atoms with Crippen molar-refractivity contribution in [2.75, 3.05) is 25.9 Å². The molecule has 0 spiro atoms. The number of benzene rings is 1. The van der Waals surface area contributed by atoms with Crippen LogP contribution in [0, 0.1) is 0 Å². The fourth-order valence-electron chi connectivity index (χ4n) is 2.79. The predicted octanol–water partition coefficient (Wildman–Crippen LogP) is 1.45. The van der Waals surface area contributed by atoms with Crippen LogP contribution in [0.3, 0.4) is 0 Å². The molecule has 0 radical (unpaired) electrons. The average molecular weight is 341 g/mol. The Morgan fingerprint density at radius 2 is 2.23 bits per heavy atom. The molecular weight excluding hydrogens is 324 g/mol. The summed E-state index contributed by atoms with van der Waals surface area (Å²) in [6.07, 6.45) is 2.18. The van der Waals surface area contributed by atoms with Gasteiger partial charge in [-0.05, 0) is 19.5 Å². The molecule has 3 N–H and O–H groups in total. The lowest BCUT2D eigenvalue weighted by atomic mass is 10.1. The number of nitrogens with one attached hydrogen (secondary N) is 1. The van der Waals surface area contributed by atoms with Crippen LogP contribution in [0.25, 0.3) is 10.8 Å². The number of fused-ring (bicyclic) bond motifs is 1. The van der Waals surface area contributed by atoms with Gasteiger partial charge < -0.3 is 11.1 Å². The second-order valence-electron chi connectivity index (χ2n) is 5.31. The van der Waals surface area contributed by atoms with Gasteiger partial charge >= 0.3 is 0 Å². The summed E-state index contributed by atoms with van der Waals surface area (Å²) in [4.78, 5) is 4.16. The Labute approximate surface area is 134 Å². The monoisotopic (exact) mass is 340 g/mol. The van der Waals surface area contributed by atoms with Crippen molar-refractivity contribution in [3.05, 3.63) is 29.4 Å². The van der Waals surface area contributed by atoms with Gasteiger partial charge in [-0.1, -0.05) is 23.7 Å². The number of anilines is 1. The van der Waals surface area contributed by atoms with E-state index in [-0.39, 0.29) is 21.8 Å². The number of rotatable bonds is 3. The van der Waals surface area contributed by atoms with Gasteiger partial charge in [-0.15, -0.1) is 0 Å². The van der Waals surface area contributed by atoms with Gasteiger partial charge in [-0.2, -0.15) is 4.31 Å². The third kappa shape index (κ3) is 2.44. The molecule has 6 nitrogen and oxygen atoms in total. The zero-order chi connectivity index (χ0) is 15.9. The maximum Gasteiger partial charge on any atom is 0.243 e. The van der Waals surface area contributed by atoms with Gasteiger partial charge in [0.05, 0.1) is 9.92 Å². The Morgan fingerprint density at radius 3 is 2.91 bits per heavy atom. The molecule has 1 aliphatic heterocycles. The number of aromatic nitrogens is 1. The highest BCUT2D eigenvalue weighted by Gasteiger charge is 2.33. The molecule has 1 unspecified atom stereocenters. The third-order valence-electron chi connectivity index (χ3n) is 4.04. The fraction of sp³-hybridized carbons (Fsp3) is 0.357. The van der Waals surface area contributed by atoms with Crippen molar-refractivity contribution >= 4 is 38.2 Å². The van der Waals surface area contributed by atoms with Crippen molar-refractivity contribution in [3.8, 4) is 0 Å². The molecule has 2 heterocycles. The fourth-order valence-corrected chi connectivity index (χ4v) is 4.82. The number of halogens is 1. The summed E-state index contributed by atoms with van der Waals surface area (Å²) in [6.45, 7) is 0.940. The van der Waals surface area contributed by atoms with Crippen LogP contribution in [0.15, 0.2) is 29.3 Å². The number of nitrogens with zero attached hydrogens (tertiary/aromatic N) is 2. The van der Waals surface area contributed by atoms with E-state index in [1.165, 1.54) is 10.5 Å². The van der Waals surface area contributed by atoms with E-state index < -0.39 is 10.0 Å². The van der Waals surface area contributed by atoms with E-state index in [1.54, 1.807) is 18.2 Å². The summed E-state index contributed by atoms with van der Waals surface area (Å²) in [5, 5.41) is 4.39. The van der Waals surface area contributed by atoms with E-state index in [1.807, 2.05) is 7.05 Å². The quantitative estimate of drug-likeness (QED) is 0.883. The van der Waals surface area contributed by atoms with Gasteiger partial charge in [-0.3, -0.25) is 0 Å². The summed E-state index contributed by atoms with van der Waals surface area (Å²) >= 11 is 6.19. The summed E-state index contributed by atoms with van der Waals surface area (Å²) in [5.41, 5.74) is 5.85. The average Bonchev–Trinajstić information content (AvgIpc) is 3.00. The Bertz CT molecular complexity index is 825. The van der Waals surface area contributed by atoms with Gasteiger partial charge in [0.25, 0.3) is 0 Å². The van der Waals surface area contributed by atoms with Crippen molar-refractivity contribution < 1.29 is 8.42 Å². The van der Waals surface area contributed by atoms with Crippen LogP contribution in [0.4, 0.5) is 5.82 Å². The van der Waals surface area contributed by atoms with Crippen molar-refractivity contribution in [3.63, 3.8) is 0 Å². The van der Waals surface area contributed by atoms with Gasteiger partial charge in [-0.25, -0.2) is 13.4 Å². The topological polar surface area (TPSA) is 88.3 Å². The van der Waals surface area contributed by atoms with Crippen LogP contribution in [0.2, 0.25) is 5.02 Å². The number of hydrogen-bond donors (Lipinski definition) is 2. The van der Waals surface area contributed by atoms with Gasteiger partial charge in [0.2, 0.25) is 10.0 Å². The maximum absolute atomic E-state index is 13.0. The minimum absolute atomic E-state index is 0.173. The molecule has 1 atom stereocenters. The second-order valence-corrected chi connectivity index (χ2v) is 7.62. The lowest BCUT2D eigenvalue weighted by Crippen LogP contribution is -2.33. The van der Waals surface area contributed by atoms with E-state index in [0.717, 1.165) is 6.42 Å². The highest BCUT2D eigenvalue weighted by atomic mass is 35.5. The van der Waals surface area contributed by atoms with Gasteiger partial charge in [0.1, 0.15) is 5.82 Å². The first-order chi connectivity index (χ1) is 10.4. The first-order valence-electron chi connectivity index (χ1n) is 6.95. The standard InChI is InChI=1S/C14H17ClN4O2S/c1-17-9-5-6-19(8-9)22(20,21)12-4-2-3-10-13(12)11(15)7-18-14(10)16/h2-4,7,9,17H,5-6,8H2,1H3,(H2,16,18). The summed E-state index contributed by atoms with van der Waals surface area (Å²) in [5.74, 6) is 0.269. The first-order valence-corrected chi connectivity index (χ1v) is 8.77. The van der Waals surface area contributed by atoms with E-state index in [2.05, 4.69) is 10.3 Å². The molecule has 0 saturated carbocycles. The number of likely N-dealkylation sites (N-methyl/N-ethyl adjacent to an activating group) is 1. The molecule has 0 amide bonds. The Hall–Kier alpha value is -1.41.